The Morgan fingerprint density at radius 1 is 1.38 bits per heavy atom. The third kappa shape index (κ3) is 2.63. The van der Waals surface area contributed by atoms with Crippen molar-refractivity contribution in [2.24, 2.45) is 5.92 Å². The summed E-state index contributed by atoms with van der Waals surface area (Å²) >= 11 is 0. The number of carbonyl (C=O) groups is 1. The summed E-state index contributed by atoms with van der Waals surface area (Å²) in [6.07, 6.45) is 3.23. The Balaban J connectivity index is 1.80. The van der Waals surface area contributed by atoms with Crippen LogP contribution < -0.4 is 5.32 Å². The molecule has 1 N–H and O–H groups in total. The number of unbranched alkanes of at least 4 members (excludes halogenated alkanes) is 1. The summed E-state index contributed by atoms with van der Waals surface area (Å²) in [6.45, 7) is 2.96. The largest absolute Gasteiger partial charge is 0.356 e. The summed E-state index contributed by atoms with van der Waals surface area (Å²) in [5.41, 5.74) is 1.30. The van der Waals surface area contributed by atoms with Crippen LogP contribution in [-0.2, 0) is 4.79 Å². The molecule has 2 heteroatoms. The fourth-order valence-corrected chi connectivity index (χ4v) is 2.07. The van der Waals surface area contributed by atoms with Crippen molar-refractivity contribution in [2.75, 3.05) is 6.54 Å². The Morgan fingerprint density at radius 2 is 2.12 bits per heavy atom. The van der Waals surface area contributed by atoms with Gasteiger partial charge in [0.1, 0.15) is 0 Å². The van der Waals surface area contributed by atoms with E-state index in [-0.39, 0.29) is 11.8 Å². The van der Waals surface area contributed by atoms with Crippen LogP contribution in [0.5, 0.6) is 0 Å². The SMILES string of the molecule is CCCCNC(=O)[C@H]1C[C@@H]1c1ccccc1. The van der Waals surface area contributed by atoms with Crippen LogP contribution in [0.2, 0.25) is 0 Å². The van der Waals surface area contributed by atoms with Gasteiger partial charge in [-0.3, -0.25) is 4.79 Å². The van der Waals surface area contributed by atoms with Gasteiger partial charge in [0.15, 0.2) is 0 Å². The van der Waals surface area contributed by atoms with Crippen molar-refractivity contribution in [1.82, 2.24) is 5.32 Å². The van der Waals surface area contributed by atoms with Gasteiger partial charge in [-0.05, 0) is 24.3 Å². The minimum absolute atomic E-state index is 0.222. The van der Waals surface area contributed by atoms with E-state index in [2.05, 4.69) is 24.4 Å². The van der Waals surface area contributed by atoms with E-state index >= 15 is 0 Å². The van der Waals surface area contributed by atoms with Gasteiger partial charge in [0.2, 0.25) is 5.91 Å². The van der Waals surface area contributed by atoms with Gasteiger partial charge < -0.3 is 5.32 Å². The second-order valence-corrected chi connectivity index (χ2v) is 4.50. The van der Waals surface area contributed by atoms with Crippen LogP contribution in [0.25, 0.3) is 0 Å². The van der Waals surface area contributed by atoms with Crippen molar-refractivity contribution >= 4 is 5.91 Å². The van der Waals surface area contributed by atoms with Gasteiger partial charge in [0.05, 0.1) is 0 Å². The smallest absolute Gasteiger partial charge is 0.223 e. The minimum Gasteiger partial charge on any atom is -0.356 e. The van der Waals surface area contributed by atoms with Crippen molar-refractivity contribution in [2.45, 2.75) is 32.1 Å². The summed E-state index contributed by atoms with van der Waals surface area (Å²) in [6, 6.07) is 10.3. The van der Waals surface area contributed by atoms with E-state index in [1.165, 1.54) is 5.56 Å². The summed E-state index contributed by atoms with van der Waals surface area (Å²) in [7, 11) is 0. The molecule has 0 saturated heterocycles. The molecule has 86 valence electrons. The number of amides is 1. The molecule has 0 spiro atoms. The fourth-order valence-electron chi connectivity index (χ4n) is 2.07. The van der Waals surface area contributed by atoms with E-state index < -0.39 is 0 Å². The number of hydrogen-bond donors (Lipinski definition) is 1. The topological polar surface area (TPSA) is 29.1 Å². The van der Waals surface area contributed by atoms with Crippen LogP contribution in [0.4, 0.5) is 0 Å². The van der Waals surface area contributed by atoms with E-state index in [4.69, 9.17) is 0 Å². The van der Waals surface area contributed by atoms with Gasteiger partial charge in [0, 0.05) is 12.5 Å². The molecule has 1 saturated carbocycles. The number of rotatable bonds is 5. The van der Waals surface area contributed by atoms with Gasteiger partial charge in [-0.25, -0.2) is 0 Å². The maximum atomic E-state index is 11.8. The first kappa shape index (κ1) is 11.2. The Kier molecular flexibility index (Phi) is 3.60. The van der Waals surface area contributed by atoms with Crippen LogP contribution >= 0.6 is 0 Å². The summed E-state index contributed by atoms with van der Waals surface area (Å²) in [4.78, 5) is 11.8. The zero-order chi connectivity index (χ0) is 11.4. The molecule has 0 radical (unpaired) electrons. The van der Waals surface area contributed by atoms with Gasteiger partial charge in [-0.15, -0.1) is 0 Å². The molecular weight excluding hydrogens is 198 g/mol. The maximum Gasteiger partial charge on any atom is 0.223 e. The number of nitrogens with one attached hydrogen (secondary N) is 1. The third-order valence-electron chi connectivity index (χ3n) is 3.18. The van der Waals surface area contributed by atoms with Gasteiger partial charge in [-0.2, -0.15) is 0 Å². The van der Waals surface area contributed by atoms with Crippen LogP contribution in [0, 0.1) is 5.92 Å². The van der Waals surface area contributed by atoms with Crippen molar-refractivity contribution in [3.63, 3.8) is 0 Å². The molecule has 1 aliphatic rings. The zero-order valence-electron chi connectivity index (χ0n) is 9.78. The molecule has 1 aromatic rings. The highest BCUT2D eigenvalue weighted by atomic mass is 16.2. The fraction of sp³-hybridized carbons (Fsp3) is 0.500. The normalized spacial score (nSPS) is 22.8. The first-order valence-electron chi connectivity index (χ1n) is 6.15. The van der Waals surface area contributed by atoms with Crippen LogP contribution in [0.15, 0.2) is 30.3 Å². The molecule has 1 aliphatic carbocycles. The van der Waals surface area contributed by atoms with E-state index in [9.17, 15) is 4.79 Å². The predicted octanol–water partition coefficient (Wildman–Crippen LogP) is 2.71. The summed E-state index contributed by atoms with van der Waals surface area (Å²) in [5.74, 6) is 0.921. The monoisotopic (exact) mass is 217 g/mol. The van der Waals surface area contributed by atoms with Gasteiger partial charge >= 0.3 is 0 Å². The Labute approximate surface area is 97.1 Å². The highest BCUT2D eigenvalue weighted by Gasteiger charge is 2.43. The zero-order valence-corrected chi connectivity index (χ0v) is 9.78. The standard InChI is InChI=1S/C14H19NO/c1-2-3-9-15-14(16)13-10-12(13)11-7-5-4-6-8-11/h4-8,12-13H,2-3,9-10H2,1H3,(H,15,16)/t12-,13+/m1/s1. The molecule has 1 amide bonds. The molecule has 2 atom stereocenters. The summed E-state index contributed by atoms with van der Waals surface area (Å²) in [5, 5.41) is 3.01. The number of benzene rings is 1. The molecule has 16 heavy (non-hydrogen) atoms. The van der Waals surface area contributed by atoms with Crippen molar-refractivity contribution in [3.8, 4) is 0 Å². The average Bonchev–Trinajstić information content (AvgIpc) is 3.10. The molecule has 2 rings (SSSR count). The Hall–Kier alpha value is -1.31. The lowest BCUT2D eigenvalue weighted by molar-refractivity contribution is -0.122. The second-order valence-electron chi connectivity index (χ2n) is 4.50. The quantitative estimate of drug-likeness (QED) is 0.755. The van der Waals surface area contributed by atoms with Gasteiger partial charge in [-0.1, -0.05) is 43.7 Å². The third-order valence-corrected chi connectivity index (χ3v) is 3.18. The molecule has 0 aliphatic heterocycles. The van der Waals surface area contributed by atoms with Crippen molar-refractivity contribution < 1.29 is 4.79 Å². The molecule has 0 unspecified atom stereocenters. The molecule has 0 heterocycles. The van der Waals surface area contributed by atoms with E-state index in [1.54, 1.807) is 0 Å². The maximum absolute atomic E-state index is 11.8. The number of hydrogen-bond acceptors (Lipinski definition) is 1. The average molecular weight is 217 g/mol. The molecule has 0 bridgehead atoms. The highest BCUT2D eigenvalue weighted by Crippen LogP contribution is 2.47. The van der Waals surface area contributed by atoms with Gasteiger partial charge in [0.25, 0.3) is 0 Å². The van der Waals surface area contributed by atoms with E-state index in [0.717, 1.165) is 25.8 Å². The minimum atomic E-state index is 0.222. The highest BCUT2D eigenvalue weighted by molar-refractivity contribution is 5.82. The van der Waals surface area contributed by atoms with E-state index in [1.807, 2.05) is 18.2 Å². The first-order chi connectivity index (χ1) is 7.83. The Bertz CT molecular complexity index is 347. The van der Waals surface area contributed by atoms with Crippen molar-refractivity contribution in [3.05, 3.63) is 35.9 Å². The van der Waals surface area contributed by atoms with Crippen molar-refractivity contribution in [1.29, 1.82) is 0 Å². The van der Waals surface area contributed by atoms with Crippen LogP contribution in [0.3, 0.4) is 0 Å². The van der Waals surface area contributed by atoms with Crippen LogP contribution in [-0.4, -0.2) is 12.5 Å². The first-order valence-corrected chi connectivity index (χ1v) is 6.15. The molecule has 2 nitrogen and oxygen atoms in total. The second kappa shape index (κ2) is 5.15. The van der Waals surface area contributed by atoms with E-state index in [0.29, 0.717) is 5.92 Å². The molecule has 1 fully saturated rings. The number of carbonyl (C=O) groups excluding carboxylic acids is 1. The lowest BCUT2D eigenvalue weighted by atomic mass is 10.1. The molecule has 1 aromatic carbocycles. The summed E-state index contributed by atoms with van der Waals surface area (Å²) < 4.78 is 0. The Morgan fingerprint density at radius 3 is 2.81 bits per heavy atom. The molecule has 0 aromatic heterocycles. The lowest BCUT2D eigenvalue weighted by Gasteiger charge is -2.03. The molecular formula is C14H19NO. The predicted molar refractivity (Wildman–Crippen MR) is 65.2 cm³/mol. The lowest BCUT2D eigenvalue weighted by Crippen LogP contribution is -2.26. The van der Waals surface area contributed by atoms with Crippen LogP contribution in [0.1, 0.15) is 37.7 Å².